The van der Waals surface area contributed by atoms with Crippen molar-refractivity contribution in [1.82, 2.24) is 5.01 Å². The standard InChI is InChI=1S/C20H18N2O/c21-22(16-23)20(17-10-4-1-5-11-17,18-12-6-2-7-13-18)19-14-8-3-9-15-19/h1-16H,21H2. The Morgan fingerprint density at radius 3 is 1.22 bits per heavy atom. The van der Waals surface area contributed by atoms with E-state index in [1.165, 1.54) is 5.01 Å². The molecule has 3 heteroatoms. The predicted molar refractivity (Wildman–Crippen MR) is 91.3 cm³/mol. The van der Waals surface area contributed by atoms with Crippen LogP contribution in [-0.4, -0.2) is 11.4 Å². The van der Waals surface area contributed by atoms with Gasteiger partial charge in [0, 0.05) is 0 Å². The topological polar surface area (TPSA) is 46.3 Å². The van der Waals surface area contributed by atoms with Crippen LogP contribution < -0.4 is 5.84 Å². The molecule has 0 aliphatic heterocycles. The highest BCUT2D eigenvalue weighted by Gasteiger charge is 2.40. The summed E-state index contributed by atoms with van der Waals surface area (Å²) in [5, 5.41) is 1.24. The molecule has 0 fully saturated rings. The van der Waals surface area contributed by atoms with Gasteiger partial charge in [0.25, 0.3) is 0 Å². The third-order valence-corrected chi connectivity index (χ3v) is 4.08. The predicted octanol–water partition coefficient (Wildman–Crippen LogP) is 3.31. The molecule has 0 atom stereocenters. The molecule has 0 spiro atoms. The Morgan fingerprint density at radius 1 is 0.652 bits per heavy atom. The van der Waals surface area contributed by atoms with Gasteiger partial charge in [0.15, 0.2) is 0 Å². The molecule has 3 aromatic rings. The maximum atomic E-state index is 11.7. The maximum absolute atomic E-state index is 11.7. The molecule has 0 aromatic heterocycles. The van der Waals surface area contributed by atoms with Gasteiger partial charge in [0.2, 0.25) is 6.41 Å². The first-order valence-electron chi connectivity index (χ1n) is 7.46. The lowest BCUT2D eigenvalue weighted by molar-refractivity contribution is -0.122. The normalized spacial score (nSPS) is 11.0. The molecular weight excluding hydrogens is 284 g/mol. The van der Waals surface area contributed by atoms with Crippen molar-refractivity contribution in [2.24, 2.45) is 5.84 Å². The van der Waals surface area contributed by atoms with E-state index in [0.717, 1.165) is 16.7 Å². The van der Waals surface area contributed by atoms with Crippen molar-refractivity contribution in [3.8, 4) is 0 Å². The Balaban J connectivity index is 2.38. The quantitative estimate of drug-likeness (QED) is 0.258. The highest BCUT2D eigenvalue weighted by molar-refractivity contribution is 5.59. The minimum absolute atomic E-state index is 0.674. The number of benzene rings is 3. The summed E-state index contributed by atoms with van der Waals surface area (Å²) in [5.41, 5.74) is 1.94. The van der Waals surface area contributed by atoms with Gasteiger partial charge < -0.3 is 0 Å². The molecule has 0 heterocycles. The Morgan fingerprint density at radius 2 is 0.957 bits per heavy atom. The highest BCUT2D eigenvalue weighted by atomic mass is 16.1. The zero-order valence-corrected chi connectivity index (χ0v) is 12.7. The number of hydrogen-bond donors (Lipinski definition) is 1. The van der Waals surface area contributed by atoms with Crippen molar-refractivity contribution in [3.05, 3.63) is 108 Å². The van der Waals surface area contributed by atoms with Crippen LogP contribution in [0.3, 0.4) is 0 Å². The van der Waals surface area contributed by atoms with Crippen LogP contribution in [0.1, 0.15) is 16.7 Å². The third kappa shape index (κ3) is 2.51. The second kappa shape index (κ2) is 6.46. The van der Waals surface area contributed by atoms with E-state index < -0.39 is 5.54 Å². The number of hydrazine groups is 1. The molecule has 3 aromatic carbocycles. The van der Waals surface area contributed by atoms with Crippen LogP contribution in [0.4, 0.5) is 0 Å². The van der Waals surface area contributed by atoms with Crippen LogP contribution in [0.15, 0.2) is 91.0 Å². The molecule has 3 rings (SSSR count). The van der Waals surface area contributed by atoms with E-state index >= 15 is 0 Å². The smallest absolute Gasteiger partial charge is 0.225 e. The molecule has 1 amide bonds. The molecule has 2 N–H and O–H groups in total. The molecule has 23 heavy (non-hydrogen) atoms. The van der Waals surface area contributed by atoms with Gasteiger partial charge in [-0.3, -0.25) is 9.80 Å². The van der Waals surface area contributed by atoms with E-state index in [9.17, 15) is 4.79 Å². The van der Waals surface area contributed by atoms with Gasteiger partial charge in [0.05, 0.1) is 0 Å². The van der Waals surface area contributed by atoms with Crippen molar-refractivity contribution in [1.29, 1.82) is 0 Å². The Kier molecular flexibility index (Phi) is 4.22. The molecular formula is C20H18N2O. The van der Waals surface area contributed by atoms with Crippen LogP contribution in [0.2, 0.25) is 0 Å². The van der Waals surface area contributed by atoms with Gasteiger partial charge in [-0.05, 0) is 16.7 Å². The molecule has 0 aliphatic carbocycles. The summed E-state index contributed by atoms with van der Waals surface area (Å²) in [7, 11) is 0. The molecule has 0 saturated carbocycles. The van der Waals surface area contributed by atoms with Gasteiger partial charge in [-0.2, -0.15) is 0 Å². The van der Waals surface area contributed by atoms with Crippen LogP contribution in [0, 0.1) is 0 Å². The van der Waals surface area contributed by atoms with Crippen LogP contribution >= 0.6 is 0 Å². The fourth-order valence-corrected chi connectivity index (χ4v) is 3.06. The molecule has 114 valence electrons. The monoisotopic (exact) mass is 302 g/mol. The molecule has 0 aliphatic rings. The van der Waals surface area contributed by atoms with E-state index in [1.54, 1.807) is 0 Å². The Hall–Kier alpha value is -2.91. The molecule has 0 radical (unpaired) electrons. The average molecular weight is 302 g/mol. The van der Waals surface area contributed by atoms with Gasteiger partial charge in [-0.15, -0.1) is 0 Å². The second-order valence-corrected chi connectivity index (χ2v) is 5.32. The summed E-state index contributed by atoms with van der Waals surface area (Å²) in [6.07, 6.45) is 0.674. The number of nitrogens with zero attached hydrogens (tertiary/aromatic N) is 1. The Bertz CT molecular complexity index is 661. The molecule has 0 unspecified atom stereocenters. The largest absolute Gasteiger partial charge is 0.277 e. The lowest BCUT2D eigenvalue weighted by atomic mass is 9.76. The van der Waals surface area contributed by atoms with Gasteiger partial charge in [-0.1, -0.05) is 91.0 Å². The Labute approximate surface area is 136 Å². The van der Waals surface area contributed by atoms with Crippen molar-refractivity contribution in [2.75, 3.05) is 0 Å². The zero-order chi connectivity index (χ0) is 16.1. The van der Waals surface area contributed by atoms with Gasteiger partial charge in [-0.25, -0.2) is 5.84 Å². The summed E-state index contributed by atoms with van der Waals surface area (Å²) < 4.78 is 0. The van der Waals surface area contributed by atoms with Crippen LogP contribution in [-0.2, 0) is 10.3 Å². The summed E-state index contributed by atoms with van der Waals surface area (Å²) >= 11 is 0. The average Bonchev–Trinajstić information content (AvgIpc) is 2.65. The van der Waals surface area contributed by atoms with E-state index in [2.05, 4.69) is 0 Å². The molecule has 0 saturated heterocycles. The highest BCUT2D eigenvalue weighted by Crippen LogP contribution is 2.39. The van der Waals surface area contributed by atoms with E-state index in [4.69, 9.17) is 5.84 Å². The number of carbonyl (C=O) groups is 1. The summed E-state index contributed by atoms with van der Waals surface area (Å²) in [4.78, 5) is 11.7. The second-order valence-electron chi connectivity index (χ2n) is 5.32. The van der Waals surface area contributed by atoms with E-state index in [1.807, 2.05) is 91.0 Å². The summed E-state index contributed by atoms with van der Waals surface area (Å²) in [6.45, 7) is 0. The number of rotatable bonds is 5. The van der Waals surface area contributed by atoms with Crippen molar-refractivity contribution >= 4 is 6.41 Å². The number of amides is 1. The number of carbonyl (C=O) groups excluding carboxylic acids is 1. The molecule has 0 bridgehead atoms. The lowest BCUT2D eigenvalue weighted by Crippen LogP contribution is -2.51. The first kappa shape index (κ1) is 15.0. The maximum Gasteiger partial charge on any atom is 0.225 e. The van der Waals surface area contributed by atoms with E-state index in [0.29, 0.717) is 6.41 Å². The van der Waals surface area contributed by atoms with E-state index in [-0.39, 0.29) is 0 Å². The summed E-state index contributed by atoms with van der Waals surface area (Å²) in [6, 6.07) is 29.5. The number of nitrogens with two attached hydrogens (primary N) is 1. The van der Waals surface area contributed by atoms with Crippen molar-refractivity contribution < 1.29 is 4.79 Å². The van der Waals surface area contributed by atoms with Crippen molar-refractivity contribution in [3.63, 3.8) is 0 Å². The SMILES string of the molecule is NN(C=O)C(c1ccccc1)(c1ccccc1)c1ccccc1. The van der Waals surface area contributed by atoms with Crippen LogP contribution in [0.25, 0.3) is 0 Å². The molecule has 3 nitrogen and oxygen atoms in total. The van der Waals surface area contributed by atoms with Crippen molar-refractivity contribution in [2.45, 2.75) is 5.54 Å². The number of hydrogen-bond acceptors (Lipinski definition) is 2. The third-order valence-electron chi connectivity index (χ3n) is 4.08. The first-order chi connectivity index (χ1) is 11.3. The fraction of sp³-hybridized carbons (Fsp3) is 0.0500. The zero-order valence-electron chi connectivity index (χ0n) is 12.7. The van der Waals surface area contributed by atoms with Crippen LogP contribution in [0.5, 0.6) is 0 Å². The fourth-order valence-electron chi connectivity index (χ4n) is 3.06. The minimum Gasteiger partial charge on any atom is -0.277 e. The lowest BCUT2D eigenvalue weighted by Gasteiger charge is -2.40. The summed E-state index contributed by atoms with van der Waals surface area (Å²) in [5.74, 6) is 6.21. The van der Waals surface area contributed by atoms with Gasteiger partial charge in [0.1, 0.15) is 5.54 Å². The first-order valence-corrected chi connectivity index (χ1v) is 7.46. The van der Waals surface area contributed by atoms with Gasteiger partial charge >= 0.3 is 0 Å². The minimum atomic E-state index is -0.870.